The molecule has 0 unspecified atom stereocenters. The van der Waals surface area contributed by atoms with Crippen molar-refractivity contribution in [2.45, 2.75) is 13.0 Å². The predicted octanol–water partition coefficient (Wildman–Crippen LogP) is 5.20. The first-order chi connectivity index (χ1) is 16.2. The van der Waals surface area contributed by atoms with E-state index >= 15 is 0 Å². The normalized spacial score (nSPS) is 14.5. The third-order valence-electron chi connectivity index (χ3n) is 6.22. The van der Waals surface area contributed by atoms with E-state index < -0.39 is 0 Å². The molecule has 33 heavy (non-hydrogen) atoms. The van der Waals surface area contributed by atoms with E-state index in [2.05, 4.69) is 58.4 Å². The molecule has 5 heteroatoms. The summed E-state index contributed by atoms with van der Waals surface area (Å²) in [6, 6.07) is 31.0. The fourth-order valence-corrected chi connectivity index (χ4v) is 4.52. The molecule has 3 aromatic carbocycles. The van der Waals surface area contributed by atoms with Gasteiger partial charge in [0.25, 0.3) is 5.91 Å². The second-order valence-electron chi connectivity index (χ2n) is 8.34. The summed E-state index contributed by atoms with van der Waals surface area (Å²) < 4.78 is 5.82. The number of nitrogens with zero attached hydrogens (tertiary/aromatic N) is 3. The molecule has 5 nitrogen and oxygen atoms in total. The van der Waals surface area contributed by atoms with Crippen molar-refractivity contribution in [3.8, 4) is 11.5 Å². The van der Waals surface area contributed by atoms with Gasteiger partial charge in [-0.15, -0.1) is 0 Å². The van der Waals surface area contributed by atoms with E-state index in [0.29, 0.717) is 30.4 Å². The third-order valence-corrected chi connectivity index (χ3v) is 6.22. The molecule has 0 aliphatic carbocycles. The molecule has 166 valence electrons. The first-order valence-corrected chi connectivity index (χ1v) is 11.4. The van der Waals surface area contributed by atoms with E-state index in [4.69, 9.17) is 4.42 Å². The predicted molar refractivity (Wildman–Crippen MR) is 129 cm³/mol. The van der Waals surface area contributed by atoms with Crippen LogP contribution in [0.5, 0.6) is 0 Å². The zero-order chi connectivity index (χ0) is 22.6. The zero-order valence-electron chi connectivity index (χ0n) is 18.7. The maximum atomic E-state index is 13.3. The van der Waals surface area contributed by atoms with E-state index in [9.17, 15) is 4.79 Å². The lowest BCUT2D eigenvalue weighted by atomic mass is 9.96. The molecule has 1 amide bonds. The smallest absolute Gasteiger partial charge is 0.276 e. The van der Waals surface area contributed by atoms with Gasteiger partial charge in [0.1, 0.15) is 5.76 Å². The summed E-state index contributed by atoms with van der Waals surface area (Å²) in [6.07, 6.45) is 0. The molecular formula is C28H27N3O2. The van der Waals surface area contributed by atoms with Crippen LogP contribution in [0, 0.1) is 6.92 Å². The number of carbonyl (C=O) groups excluding carboxylic acids is 1. The van der Waals surface area contributed by atoms with Gasteiger partial charge in [-0.3, -0.25) is 9.69 Å². The number of piperazine rings is 1. The van der Waals surface area contributed by atoms with E-state index in [-0.39, 0.29) is 11.9 Å². The maximum absolute atomic E-state index is 13.3. The minimum atomic E-state index is -0.0611. The lowest BCUT2D eigenvalue weighted by Gasteiger charge is -2.39. The lowest BCUT2D eigenvalue weighted by molar-refractivity contribution is 0.0591. The summed E-state index contributed by atoms with van der Waals surface area (Å²) >= 11 is 0. The van der Waals surface area contributed by atoms with Gasteiger partial charge in [0.05, 0.1) is 6.04 Å². The summed E-state index contributed by atoms with van der Waals surface area (Å²) in [5.41, 5.74) is 3.81. The number of aromatic nitrogens is 1. The Morgan fingerprint density at radius 2 is 1.30 bits per heavy atom. The van der Waals surface area contributed by atoms with Crippen LogP contribution in [-0.2, 0) is 0 Å². The van der Waals surface area contributed by atoms with Crippen molar-refractivity contribution in [3.05, 3.63) is 114 Å². The topological polar surface area (TPSA) is 49.6 Å². The molecule has 0 N–H and O–H groups in total. The van der Waals surface area contributed by atoms with Gasteiger partial charge in [-0.2, -0.15) is 0 Å². The van der Waals surface area contributed by atoms with Crippen molar-refractivity contribution in [1.29, 1.82) is 0 Å². The van der Waals surface area contributed by atoms with Crippen LogP contribution in [0.15, 0.2) is 95.4 Å². The van der Waals surface area contributed by atoms with Gasteiger partial charge in [0.2, 0.25) is 5.89 Å². The highest BCUT2D eigenvalue weighted by atomic mass is 16.4. The van der Waals surface area contributed by atoms with Gasteiger partial charge in [0, 0.05) is 31.7 Å². The van der Waals surface area contributed by atoms with Crippen molar-refractivity contribution in [2.24, 2.45) is 0 Å². The summed E-state index contributed by atoms with van der Waals surface area (Å²) in [7, 11) is 0. The monoisotopic (exact) mass is 437 g/mol. The van der Waals surface area contributed by atoms with Crippen molar-refractivity contribution in [2.75, 3.05) is 26.2 Å². The molecule has 0 saturated carbocycles. The number of amides is 1. The Labute approximate surface area is 194 Å². The number of rotatable bonds is 5. The summed E-state index contributed by atoms with van der Waals surface area (Å²) in [4.78, 5) is 22.1. The van der Waals surface area contributed by atoms with Gasteiger partial charge in [-0.1, -0.05) is 78.9 Å². The number of benzene rings is 3. The quantitative estimate of drug-likeness (QED) is 0.431. The molecule has 1 saturated heterocycles. The number of aryl methyl sites for hydroxylation is 1. The van der Waals surface area contributed by atoms with Gasteiger partial charge in [-0.05, 0) is 30.2 Å². The lowest BCUT2D eigenvalue weighted by Crippen LogP contribution is -2.50. The summed E-state index contributed by atoms with van der Waals surface area (Å²) in [5, 5.41) is 0. The van der Waals surface area contributed by atoms with Crippen molar-refractivity contribution in [3.63, 3.8) is 0 Å². The van der Waals surface area contributed by atoms with Gasteiger partial charge in [-0.25, -0.2) is 4.98 Å². The summed E-state index contributed by atoms with van der Waals surface area (Å²) in [5.74, 6) is 0.991. The number of hydrogen-bond acceptors (Lipinski definition) is 4. The van der Waals surface area contributed by atoms with Crippen LogP contribution in [0.2, 0.25) is 0 Å². The van der Waals surface area contributed by atoms with Crippen LogP contribution < -0.4 is 0 Å². The molecule has 0 bridgehead atoms. The fourth-order valence-electron chi connectivity index (χ4n) is 4.52. The Morgan fingerprint density at radius 1 is 0.788 bits per heavy atom. The van der Waals surface area contributed by atoms with E-state index in [1.165, 1.54) is 11.1 Å². The number of hydrogen-bond donors (Lipinski definition) is 0. The van der Waals surface area contributed by atoms with Crippen LogP contribution in [0.4, 0.5) is 0 Å². The summed E-state index contributed by atoms with van der Waals surface area (Å²) in [6.45, 7) is 4.71. The largest absolute Gasteiger partial charge is 0.441 e. The number of carbonyl (C=O) groups is 1. The molecule has 1 aliphatic heterocycles. The highest BCUT2D eigenvalue weighted by Gasteiger charge is 2.30. The van der Waals surface area contributed by atoms with Crippen LogP contribution >= 0.6 is 0 Å². The Balaban J connectivity index is 1.32. The zero-order valence-corrected chi connectivity index (χ0v) is 18.7. The first-order valence-electron chi connectivity index (χ1n) is 11.4. The molecule has 1 aromatic heterocycles. The molecule has 1 fully saturated rings. The minimum Gasteiger partial charge on any atom is -0.441 e. The highest BCUT2D eigenvalue weighted by molar-refractivity contribution is 5.93. The molecule has 2 heterocycles. The average Bonchev–Trinajstić information content (AvgIpc) is 3.28. The van der Waals surface area contributed by atoms with Crippen molar-refractivity contribution < 1.29 is 9.21 Å². The molecular weight excluding hydrogens is 410 g/mol. The van der Waals surface area contributed by atoms with Crippen LogP contribution in [0.3, 0.4) is 0 Å². The Morgan fingerprint density at radius 3 is 1.85 bits per heavy atom. The van der Waals surface area contributed by atoms with E-state index in [0.717, 1.165) is 18.7 Å². The Bertz CT molecular complexity index is 1160. The SMILES string of the molecule is Cc1oc(-c2ccccc2)nc1C(=O)N1CCN(C(c2ccccc2)c2ccccc2)CC1. The van der Waals surface area contributed by atoms with Crippen molar-refractivity contribution in [1.82, 2.24) is 14.8 Å². The molecule has 4 aromatic rings. The van der Waals surface area contributed by atoms with Gasteiger partial charge < -0.3 is 9.32 Å². The Kier molecular flexibility index (Phi) is 6.05. The average molecular weight is 438 g/mol. The third kappa shape index (κ3) is 4.45. The minimum absolute atomic E-state index is 0.0611. The highest BCUT2D eigenvalue weighted by Crippen LogP contribution is 2.30. The van der Waals surface area contributed by atoms with Crippen LogP contribution in [0.25, 0.3) is 11.5 Å². The maximum Gasteiger partial charge on any atom is 0.276 e. The molecule has 0 radical (unpaired) electrons. The fraction of sp³-hybridized carbons (Fsp3) is 0.214. The molecule has 0 atom stereocenters. The second kappa shape index (κ2) is 9.43. The first kappa shape index (κ1) is 21.2. The second-order valence-corrected chi connectivity index (χ2v) is 8.34. The van der Waals surface area contributed by atoms with Crippen LogP contribution in [-0.4, -0.2) is 46.9 Å². The van der Waals surface area contributed by atoms with Gasteiger partial charge in [0.15, 0.2) is 5.69 Å². The van der Waals surface area contributed by atoms with E-state index in [1.807, 2.05) is 54.3 Å². The standard InChI is InChI=1S/C28H27N3O2/c1-21-25(29-27(33-21)24-15-9-4-10-16-24)28(32)31-19-17-30(18-20-31)26(22-11-5-2-6-12-22)23-13-7-3-8-14-23/h2-16,26H,17-20H2,1H3. The van der Waals surface area contributed by atoms with E-state index in [1.54, 1.807) is 0 Å². The number of oxazole rings is 1. The van der Waals surface area contributed by atoms with Crippen LogP contribution in [0.1, 0.15) is 33.4 Å². The molecule has 5 rings (SSSR count). The van der Waals surface area contributed by atoms with Gasteiger partial charge >= 0.3 is 0 Å². The Hall–Kier alpha value is -3.70. The molecule has 1 aliphatic rings. The van der Waals surface area contributed by atoms with Crippen molar-refractivity contribution >= 4 is 5.91 Å². The molecule has 0 spiro atoms.